The summed E-state index contributed by atoms with van der Waals surface area (Å²) in [4.78, 5) is 0.220. The van der Waals surface area contributed by atoms with Crippen LogP contribution in [-0.2, 0) is 23.7 Å². The maximum absolute atomic E-state index is 11.9. The van der Waals surface area contributed by atoms with Crippen LogP contribution in [-0.4, -0.2) is 24.6 Å². The molecule has 2 rings (SSSR count). The molecule has 0 aliphatic heterocycles. The zero-order chi connectivity index (χ0) is 12.6. The van der Waals surface area contributed by atoms with Gasteiger partial charge < -0.3 is 9.67 Å². The van der Waals surface area contributed by atoms with Gasteiger partial charge >= 0.3 is 0 Å². The molecule has 17 heavy (non-hydrogen) atoms. The number of sulfonamides is 1. The van der Waals surface area contributed by atoms with Crippen molar-refractivity contribution in [1.29, 1.82) is 0 Å². The number of hydrogen-bond donors (Lipinski definition) is 2. The first-order chi connectivity index (χ1) is 7.94. The van der Waals surface area contributed by atoms with E-state index in [2.05, 4.69) is 11.6 Å². The molecule has 0 amide bonds. The summed E-state index contributed by atoms with van der Waals surface area (Å²) in [7, 11) is -1.72. The lowest BCUT2D eigenvalue weighted by Gasteiger charge is -2.03. The Balaban J connectivity index is 2.08. The first-order valence-corrected chi connectivity index (χ1v) is 7.18. The summed E-state index contributed by atoms with van der Waals surface area (Å²) in [6.45, 7) is 2.46. The van der Waals surface area contributed by atoms with Crippen molar-refractivity contribution >= 4 is 10.0 Å². The summed E-state index contributed by atoms with van der Waals surface area (Å²) in [6, 6.07) is 1.50. The van der Waals surface area contributed by atoms with E-state index in [0.717, 1.165) is 6.42 Å². The van der Waals surface area contributed by atoms with Gasteiger partial charge in [0, 0.05) is 25.5 Å². The topological polar surface area (TPSA) is 71.3 Å². The molecule has 0 spiro atoms. The Hall–Kier alpha value is -0.850. The molecular weight excluding hydrogens is 240 g/mol. The number of hydrogen-bond acceptors (Lipinski definition) is 3. The van der Waals surface area contributed by atoms with Crippen molar-refractivity contribution in [3.63, 3.8) is 0 Å². The van der Waals surface area contributed by atoms with Gasteiger partial charge in [0.1, 0.15) is 0 Å². The summed E-state index contributed by atoms with van der Waals surface area (Å²) < 4.78 is 28.1. The number of aromatic nitrogens is 1. The lowest BCUT2D eigenvalue weighted by Crippen LogP contribution is -2.25. The molecule has 2 unspecified atom stereocenters. The second-order valence-electron chi connectivity index (χ2n) is 4.76. The number of aliphatic hydroxyl groups is 1. The van der Waals surface area contributed by atoms with E-state index in [9.17, 15) is 8.42 Å². The van der Waals surface area contributed by atoms with E-state index >= 15 is 0 Å². The van der Waals surface area contributed by atoms with Gasteiger partial charge in [0.2, 0.25) is 10.0 Å². The molecule has 2 atom stereocenters. The third-order valence-corrected chi connectivity index (χ3v) is 4.76. The van der Waals surface area contributed by atoms with E-state index in [4.69, 9.17) is 5.11 Å². The summed E-state index contributed by atoms with van der Waals surface area (Å²) in [6.07, 6.45) is 2.61. The van der Waals surface area contributed by atoms with Crippen molar-refractivity contribution in [2.24, 2.45) is 18.9 Å². The Bertz CT molecular complexity index is 507. The molecule has 1 aromatic rings. The molecule has 96 valence electrons. The first-order valence-electron chi connectivity index (χ1n) is 5.70. The summed E-state index contributed by atoms with van der Waals surface area (Å²) in [5, 5.41) is 9.02. The van der Waals surface area contributed by atoms with Gasteiger partial charge in [0.15, 0.2) is 0 Å². The van der Waals surface area contributed by atoms with E-state index in [0.29, 0.717) is 24.1 Å². The lowest BCUT2D eigenvalue weighted by molar-refractivity contribution is 0.272. The van der Waals surface area contributed by atoms with Gasteiger partial charge in [-0.2, -0.15) is 0 Å². The fourth-order valence-electron chi connectivity index (χ4n) is 1.86. The van der Waals surface area contributed by atoms with E-state index in [1.54, 1.807) is 11.6 Å². The Morgan fingerprint density at radius 1 is 1.59 bits per heavy atom. The minimum Gasteiger partial charge on any atom is -0.390 e. The van der Waals surface area contributed by atoms with Crippen molar-refractivity contribution in [3.8, 4) is 0 Å². The Kier molecular flexibility index (Phi) is 3.29. The highest BCUT2D eigenvalue weighted by atomic mass is 32.2. The number of nitrogens with zero attached hydrogens (tertiary/aromatic N) is 1. The SMILES string of the molecule is CC1CC1CNS(=O)(=O)c1cc(CO)n(C)c1. The van der Waals surface area contributed by atoms with E-state index < -0.39 is 10.0 Å². The number of rotatable bonds is 5. The summed E-state index contributed by atoms with van der Waals surface area (Å²) in [5.41, 5.74) is 0.588. The van der Waals surface area contributed by atoms with Crippen molar-refractivity contribution in [3.05, 3.63) is 18.0 Å². The van der Waals surface area contributed by atoms with Crippen LogP contribution in [0.3, 0.4) is 0 Å². The average molecular weight is 258 g/mol. The van der Waals surface area contributed by atoms with Gasteiger partial charge in [-0.05, 0) is 24.3 Å². The fourth-order valence-corrected chi connectivity index (χ4v) is 3.05. The molecule has 1 aliphatic carbocycles. The maximum Gasteiger partial charge on any atom is 0.242 e. The molecule has 1 aliphatic rings. The predicted octanol–water partition coefficient (Wildman–Crippen LogP) is 0.452. The number of aryl methyl sites for hydroxylation is 1. The molecule has 1 saturated carbocycles. The van der Waals surface area contributed by atoms with Crippen molar-refractivity contribution in [2.45, 2.75) is 24.8 Å². The van der Waals surface area contributed by atoms with Gasteiger partial charge in [-0.1, -0.05) is 6.92 Å². The van der Waals surface area contributed by atoms with Gasteiger partial charge in [-0.25, -0.2) is 13.1 Å². The lowest BCUT2D eigenvalue weighted by atomic mass is 10.3. The van der Waals surface area contributed by atoms with Crippen LogP contribution in [0.1, 0.15) is 19.0 Å². The van der Waals surface area contributed by atoms with Crippen LogP contribution in [0.2, 0.25) is 0 Å². The molecule has 1 heterocycles. The largest absolute Gasteiger partial charge is 0.390 e. The van der Waals surface area contributed by atoms with Gasteiger partial charge in [0.05, 0.1) is 11.5 Å². The highest BCUT2D eigenvalue weighted by Crippen LogP contribution is 2.37. The van der Waals surface area contributed by atoms with E-state index in [-0.39, 0.29) is 11.5 Å². The second-order valence-corrected chi connectivity index (χ2v) is 6.53. The van der Waals surface area contributed by atoms with E-state index in [1.165, 1.54) is 12.3 Å². The van der Waals surface area contributed by atoms with Crippen LogP contribution in [0.4, 0.5) is 0 Å². The smallest absolute Gasteiger partial charge is 0.242 e. The number of aliphatic hydroxyl groups excluding tert-OH is 1. The zero-order valence-electron chi connectivity index (χ0n) is 10.0. The molecule has 1 aromatic heterocycles. The molecular formula is C11H18N2O3S. The number of nitrogens with one attached hydrogen (secondary N) is 1. The van der Waals surface area contributed by atoms with Crippen molar-refractivity contribution in [2.75, 3.05) is 6.54 Å². The second kappa shape index (κ2) is 4.44. The molecule has 0 radical (unpaired) electrons. The third-order valence-electron chi connectivity index (χ3n) is 3.37. The minimum atomic E-state index is -3.43. The van der Waals surface area contributed by atoms with Crippen LogP contribution < -0.4 is 4.72 Å². The summed E-state index contributed by atoms with van der Waals surface area (Å²) >= 11 is 0. The predicted molar refractivity (Wildman–Crippen MR) is 63.8 cm³/mol. The Morgan fingerprint density at radius 3 is 2.71 bits per heavy atom. The minimum absolute atomic E-state index is 0.161. The maximum atomic E-state index is 11.9. The average Bonchev–Trinajstić information content (AvgIpc) is 2.83. The van der Waals surface area contributed by atoms with Crippen LogP contribution in [0, 0.1) is 11.8 Å². The monoisotopic (exact) mass is 258 g/mol. The Labute approximate surface area is 102 Å². The van der Waals surface area contributed by atoms with Crippen LogP contribution in [0.25, 0.3) is 0 Å². The molecule has 0 aromatic carbocycles. The molecule has 2 N–H and O–H groups in total. The zero-order valence-corrected chi connectivity index (χ0v) is 10.9. The van der Waals surface area contributed by atoms with Gasteiger partial charge in [-0.15, -0.1) is 0 Å². The molecule has 0 saturated heterocycles. The van der Waals surface area contributed by atoms with Crippen molar-refractivity contribution in [1.82, 2.24) is 9.29 Å². The van der Waals surface area contributed by atoms with Crippen LogP contribution in [0.5, 0.6) is 0 Å². The van der Waals surface area contributed by atoms with Gasteiger partial charge in [-0.3, -0.25) is 0 Å². The van der Waals surface area contributed by atoms with E-state index in [1.807, 2.05) is 0 Å². The summed E-state index contributed by atoms with van der Waals surface area (Å²) in [5.74, 6) is 1.10. The highest BCUT2D eigenvalue weighted by Gasteiger charge is 2.33. The molecule has 1 fully saturated rings. The highest BCUT2D eigenvalue weighted by molar-refractivity contribution is 7.89. The standard InChI is InChI=1S/C11H18N2O3S/c1-8-3-9(8)5-12-17(15,16)11-4-10(7-14)13(2)6-11/h4,6,8-9,12,14H,3,5,7H2,1-2H3. The molecule has 0 bridgehead atoms. The third kappa shape index (κ3) is 2.70. The fraction of sp³-hybridized carbons (Fsp3) is 0.636. The Morgan fingerprint density at radius 2 is 2.24 bits per heavy atom. The van der Waals surface area contributed by atoms with Crippen molar-refractivity contribution < 1.29 is 13.5 Å². The van der Waals surface area contributed by atoms with Crippen LogP contribution >= 0.6 is 0 Å². The molecule has 5 nitrogen and oxygen atoms in total. The first kappa shape index (κ1) is 12.6. The normalized spacial score (nSPS) is 23.9. The van der Waals surface area contributed by atoms with Crippen LogP contribution in [0.15, 0.2) is 17.2 Å². The van der Waals surface area contributed by atoms with Gasteiger partial charge in [0.25, 0.3) is 0 Å². The quantitative estimate of drug-likeness (QED) is 0.805. The molecule has 6 heteroatoms.